The second-order valence-electron chi connectivity index (χ2n) is 10.2. The van der Waals surface area contributed by atoms with Gasteiger partial charge in [-0.2, -0.15) is 0 Å². The Morgan fingerprint density at radius 1 is 1.18 bits per heavy atom. The van der Waals surface area contributed by atoms with Crippen LogP contribution in [0.1, 0.15) is 40.2 Å². The summed E-state index contributed by atoms with van der Waals surface area (Å²) in [7, 11) is 0. The second kappa shape index (κ2) is 9.85. The molecule has 0 spiro atoms. The summed E-state index contributed by atoms with van der Waals surface area (Å²) in [5.41, 5.74) is -0.211. The lowest BCUT2D eigenvalue weighted by Crippen LogP contribution is -2.67. The van der Waals surface area contributed by atoms with Gasteiger partial charge in [0.25, 0.3) is 5.91 Å². The Labute approximate surface area is 199 Å². The third-order valence-electron chi connectivity index (χ3n) is 5.83. The summed E-state index contributed by atoms with van der Waals surface area (Å²) < 4.78 is 0. The molecule has 2 fully saturated rings. The van der Waals surface area contributed by atoms with Crippen LogP contribution in [0.15, 0.2) is 30.3 Å². The third-order valence-corrected chi connectivity index (χ3v) is 6.84. The van der Waals surface area contributed by atoms with Gasteiger partial charge in [0.2, 0.25) is 17.6 Å². The molecule has 0 saturated carbocycles. The Hall–Kier alpha value is -2.39. The van der Waals surface area contributed by atoms with Gasteiger partial charge in [-0.3, -0.25) is 19.2 Å². The summed E-state index contributed by atoms with van der Waals surface area (Å²) in [5, 5.41) is 6.14. The molecule has 2 N–H and O–H groups in total. The topological polar surface area (TPSA) is 98.8 Å². The van der Waals surface area contributed by atoms with Gasteiger partial charge in [-0.15, -0.1) is 11.8 Å². The van der Waals surface area contributed by atoms with Crippen LogP contribution in [0.2, 0.25) is 0 Å². The molecule has 180 valence electrons. The highest BCUT2D eigenvalue weighted by molar-refractivity contribution is 7.99. The molecule has 9 heteroatoms. The van der Waals surface area contributed by atoms with E-state index in [4.69, 9.17) is 0 Å². The van der Waals surface area contributed by atoms with E-state index in [0.717, 1.165) is 5.56 Å². The maximum absolute atomic E-state index is 13.2. The van der Waals surface area contributed by atoms with Crippen LogP contribution in [0.5, 0.6) is 0 Å². The number of hydrogen-bond donors (Lipinski definition) is 2. The first-order chi connectivity index (χ1) is 15.4. The number of carbonyl (C=O) groups excluding carboxylic acids is 4. The first-order valence-electron chi connectivity index (χ1n) is 11.2. The number of nitrogens with one attached hydrogen (secondary N) is 2. The average Bonchev–Trinajstić information content (AvgIpc) is 3.22. The van der Waals surface area contributed by atoms with E-state index in [0.29, 0.717) is 18.7 Å². The molecule has 2 atom stereocenters. The Morgan fingerprint density at radius 3 is 2.48 bits per heavy atom. The number of Topliss-reactive ketones (excluding diaryl/α,β-unsaturated/α-hetero) is 1. The van der Waals surface area contributed by atoms with Crippen LogP contribution in [0.4, 0.5) is 0 Å². The SMILES string of the molecule is CC(C)(C)NC(=O)C1CSCN1C(=O)C(=O)CN1C(=O)C(C)(C)NC[C@@H]1Cc1ccccc1. The number of rotatable bonds is 6. The fourth-order valence-corrected chi connectivity index (χ4v) is 5.20. The highest BCUT2D eigenvalue weighted by Gasteiger charge is 2.43. The van der Waals surface area contributed by atoms with E-state index >= 15 is 0 Å². The van der Waals surface area contributed by atoms with Crippen molar-refractivity contribution in [3.63, 3.8) is 0 Å². The van der Waals surface area contributed by atoms with Gasteiger partial charge < -0.3 is 20.4 Å². The molecule has 2 saturated heterocycles. The van der Waals surface area contributed by atoms with Crippen LogP contribution in [0.3, 0.4) is 0 Å². The minimum Gasteiger partial charge on any atom is -0.350 e. The quantitative estimate of drug-likeness (QED) is 0.601. The lowest BCUT2D eigenvalue weighted by Gasteiger charge is -2.43. The predicted molar refractivity (Wildman–Crippen MR) is 129 cm³/mol. The Morgan fingerprint density at radius 2 is 1.85 bits per heavy atom. The normalized spacial score (nSPS) is 22.9. The van der Waals surface area contributed by atoms with Crippen LogP contribution in [0, 0.1) is 0 Å². The Balaban J connectivity index is 1.74. The van der Waals surface area contributed by atoms with Crippen molar-refractivity contribution in [1.82, 2.24) is 20.4 Å². The van der Waals surface area contributed by atoms with E-state index in [1.165, 1.54) is 21.6 Å². The Kier molecular flexibility index (Phi) is 7.53. The molecule has 0 aromatic heterocycles. The van der Waals surface area contributed by atoms with Crippen LogP contribution >= 0.6 is 11.8 Å². The maximum Gasteiger partial charge on any atom is 0.293 e. The van der Waals surface area contributed by atoms with Crippen molar-refractivity contribution in [2.24, 2.45) is 0 Å². The van der Waals surface area contributed by atoms with Crippen molar-refractivity contribution < 1.29 is 19.2 Å². The van der Waals surface area contributed by atoms with E-state index in [-0.39, 0.29) is 30.3 Å². The highest BCUT2D eigenvalue weighted by Crippen LogP contribution is 2.24. The third kappa shape index (κ3) is 6.14. The van der Waals surface area contributed by atoms with Gasteiger partial charge in [0, 0.05) is 23.9 Å². The van der Waals surface area contributed by atoms with Crippen molar-refractivity contribution in [1.29, 1.82) is 0 Å². The molecule has 2 heterocycles. The number of amides is 3. The summed E-state index contributed by atoms with van der Waals surface area (Å²) in [5.74, 6) is -1.14. The molecule has 2 aliphatic heterocycles. The van der Waals surface area contributed by atoms with E-state index in [1.807, 2.05) is 51.1 Å². The lowest BCUT2D eigenvalue weighted by molar-refractivity contribution is -0.152. The fourth-order valence-electron chi connectivity index (χ4n) is 4.05. The predicted octanol–water partition coefficient (Wildman–Crippen LogP) is 1.19. The van der Waals surface area contributed by atoms with Gasteiger partial charge in [0.1, 0.15) is 6.04 Å². The molecular formula is C24H34N4O4S. The molecule has 1 aromatic rings. The van der Waals surface area contributed by atoms with E-state index in [2.05, 4.69) is 10.6 Å². The van der Waals surface area contributed by atoms with Crippen LogP contribution in [0.25, 0.3) is 0 Å². The molecule has 0 bridgehead atoms. The van der Waals surface area contributed by atoms with Crippen molar-refractivity contribution >= 4 is 35.3 Å². The number of carbonyl (C=O) groups is 4. The number of ketones is 1. The van der Waals surface area contributed by atoms with E-state index in [1.54, 1.807) is 13.8 Å². The molecule has 8 nitrogen and oxygen atoms in total. The number of nitrogens with zero attached hydrogens (tertiary/aromatic N) is 2. The summed E-state index contributed by atoms with van der Waals surface area (Å²) in [6.07, 6.45) is 0.577. The first-order valence-corrected chi connectivity index (χ1v) is 12.4. The van der Waals surface area contributed by atoms with Crippen molar-refractivity contribution in [2.45, 2.75) is 64.2 Å². The van der Waals surface area contributed by atoms with Crippen LogP contribution in [-0.2, 0) is 25.6 Å². The van der Waals surface area contributed by atoms with Gasteiger partial charge in [0.05, 0.1) is 18.0 Å². The van der Waals surface area contributed by atoms with Gasteiger partial charge in [-0.25, -0.2) is 0 Å². The van der Waals surface area contributed by atoms with Gasteiger partial charge in [0.15, 0.2) is 0 Å². The average molecular weight is 475 g/mol. The second-order valence-corrected chi connectivity index (χ2v) is 11.2. The lowest BCUT2D eigenvalue weighted by atomic mass is 9.94. The van der Waals surface area contributed by atoms with E-state index in [9.17, 15) is 19.2 Å². The molecule has 0 radical (unpaired) electrons. The zero-order chi connectivity index (χ0) is 24.4. The number of hydrogen-bond acceptors (Lipinski definition) is 6. The minimum absolute atomic E-state index is 0.214. The number of thioether (sulfide) groups is 1. The molecule has 33 heavy (non-hydrogen) atoms. The zero-order valence-electron chi connectivity index (χ0n) is 20.0. The van der Waals surface area contributed by atoms with Crippen molar-refractivity contribution in [3.05, 3.63) is 35.9 Å². The number of piperazine rings is 1. The molecule has 3 rings (SSSR count). The first kappa shape index (κ1) is 25.2. The highest BCUT2D eigenvalue weighted by atomic mass is 32.2. The zero-order valence-corrected chi connectivity index (χ0v) is 20.8. The smallest absolute Gasteiger partial charge is 0.293 e. The van der Waals surface area contributed by atoms with Gasteiger partial charge in [-0.1, -0.05) is 30.3 Å². The standard InChI is InChI=1S/C24H34N4O4S/c1-23(2,3)26-20(30)18-14-33-15-28(18)21(31)19(29)13-27-17(11-16-9-7-6-8-10-16)12-25-24(4,5)22(27)32/h6-10,17-18,25H,11-15H2,1-5H3,(H,26,30)/t17-,18?/m0/s1. The maximum atomic E-state index is 13.2. The molecule has 1 unspecified atom stereocenters. The summed E-state index contributed by atoms with van der Waals surface area (Å²) in [6.45, 7) is 9.38. The summed E-state index contributed by atoms with van der Waals surface area (Å²) >= 11 is 1.44. The number of benzene rings is 1. The largest absolute Gasteiger partial charge is 0.350 e. The molecule has 0 aliphatic carbocycles. The molecule has 1 aromatic carbocycles. The minimum atomic E-state index is -0.824. The van der Waals surface area contributed by atoms with Crippen LogP contribution < -0.4 is 10.6 Å². The summed E-state index contributed by atoms with van der Waals surface area (Å²) in [6, 6.07) is 8.81. The van der Waals surface area contributed by atoms with Gasteiger partial charge >= 0.3 is 0 Å². The fraction of sp³-hybridized carbons (Fsp3) is 0.583. The Bertz CT molecular complexity index is 913. The molecule has 2 aliphatic rings. The van der Waals surface area contributed by atoms with Crippen molar-refractivity contribution in [3.8, 4) is 0 Å². The van der Waals surface area contributed by atoms with Crippen molar-refractivity contribution in [2.75, 3.05) is 24.7 Å². The monoisotopic (exact) mass is 474 g/mol. The van der Waals surface area contributed by atoms with Gasteiger partial charge in [-0.05, 0) is 46.6 Å². The molecular weight excluding hydrogens is 440 g/mol. The van der Waals surface area contributed by atoms with Crippen LogP contribution in [-0.4, -0.2) is 81.2 Å². The molecule has 3 amide bonds. The van der Waals surface area contributed by atoms with E-state index < -0.39 is 28.8 Å². The summed E-state index contributed by atoms with van der Waals surface area (Å²) in [4.78, 5) is 54.8.